The highest BCUT2D eigenvalue weighted by Crippen LogP contribution is 2.38. The van der Waals surface area contributed by atoms with Crippen LogP contribution in [0.1, 0.15) is 12.1 Å². The van der Waals surface area contributed by atoms with Gasteiger partial charge in [-0.2, -0.15) is 0 Å². The van der Waals surface area contributed by atoms with Crippen LogP contribution >= 0.6 is 0 Å². The smallest absolute Gasteiger partial charge is 0.262 e. The summed E-state index contributed by atoms with van der Waals surface area (Å²) in [6.45, 7) is 5.06. The summed E-state index contributed by atoms with van der Waals surface area (Å²) in [6.07, 6.45) is 0.947. The third-order valence-corrected chi connectivity index (χ3v) is 6.21. The molecule has 0 saturated carbocycles. The Morgan fingerprint density at radius 3 is 3.00 bits per heavy atom. The molecule has 170 valence electrons. The molecule has 1 N–H and O–H groups in total. The normalized spacial score (nSPS) is 21.9. The Labute approximate surface area is 191 Å². The molecule has 33 heavy (non-hydrogen) atoms. The lowest BCUT2D eigenvalue weighted by Crippen LogP contribution is -2.40. The molecule has 8 nitrogen and oxygen atoms in total. The lowest BCUT2D eigenvalue weighted by Gasteiger charge is -2.30. The average Bonchev–Trinajstić information content (AvgIpc) is 3.25. The molecule has 1 amide bonds. The highest BCUT2D eigenvalue weighted by atomic mass is 16.6. The van der Waals surface area contributed by atoms with Gasteiger partial charge in [-0.25, -0.2) is 0 Å². The van der Waals surface area contributed by atoms with Crippen molar-refractivity contribution >= 4 is 22.5 Å². The van der Waals surface area contributed by atoms with Gasteiger partial charge < -0.3 is 24.3 Å². The molecule has 0 radical (unpaired) electrons. The zero-order valence-corrected chi connectivity index (χ0v) is 18.4. The van der Waals surface area contributed by atoms with Crippen LogP contribution in [0.3, 0.4) is 0 Å². The van der Waals surface area contributed by atoms with E-state index in [-0.39, 0.29) is 24.7 Å². The number of fused-ring (bicyclic) bond motifs is 4. The van der Waals surface area contributed by atoms with Crippen molar-refractivity contribution in [2.75, 3.05) is 38.2 Å². The molecule has 1 saturated heterocycles. The van der Waals surface area contributed by atoms with Gasteiger partial charge in [-0.15, -0.1) is 0 Å². The lowest BCUT2D eigenvalue weighted by molar-refractivity contribution is -0.118. The lowest BCUT2D eigenvalue weighted by atomic mass is 10.1. The predicted octanol–water partition coefficient (Wildman–Crippen LogP) is 3.17. The maximum atomic E-state index is 11.6. The van der Waals surface area contributed by atoms with Gasteiger partial charge in [-0.05, 0) is 49.7 Å². The minimum atomic E-state index is -0.151. The summed E-state index contributed by atoms with van der Waals surface area (Å²) in [7, 11) is 0. The highest BCUT2D eigenvalue weighted by Gasteiger charge is 2.30. The molecule has 0 aliphatic carbocycles. The fourth-order valence-electron chi connectivity index (χ4n) is 4.64. The summed E-state index contributed by atoms with van der Waals surface area (Å²) in [5.74, 6) is 2.80. The largest absolute Gasteiger partial charge is 0.489 e. The number of rotatable bonds is 4. The van der Waals surface area contributed by atoms with E-state index in [4.69, 9.17) is 18.9 Å². The van der Waals surface area contributed by atoms with Crippen LogP contribution in [0.25, 0.3) is 10.9 Å². The highest BCUT2D eigenvalue weighted by molar-refractivity contribution is 5.95. The number of nitrogens with one attached hydrogen (secondary N) is 1. The van der Waals surface area contributed by atoms with Crippen molar-refractivity contribution in [2.45, 2.75) is 25.6 Å². The van der Waals surface area contributed by atoms with Crippen molar-refractivity contribution in [3.8, 4) is 23.0 Å². The SMILES string of the molecule is Cc1ccc2c3c(ccc2n1)OC[C@H](CN1CC[C@@H](Oc2ccc4c(c2)NC(=O)CO4)C1)O3. The first-order valence-electron chi connectivity index (χ1n) is 11.3. The van der Waals surface area contributed by atoms with Crippen molar-refractivity contribution < 1.29 is 23.7 Å². The number of aryl methyl sites for hydroxylation is 1. The number of likely N-dealkylation sites (tertiary alicyclic amines) is 1. The molecule has 1 aromatic heterocycles. The van der Waals surface area contributed by atoms with Crippen molar-refractivity contribution in [2.24, 2.45) is 0 Å². The number of carbonyl (C=O) groups excluding carboxylic acids is 1. The molecule has 6 rings (SSSR count). The van der Waals surface area contributed by atoms with Crippen molar-refractivity contribution in [1.82, 2.24) is 9.88 Å². The first-order valence-corrected chi connectivity index (χ1v) is 11.3. The van der Waals surface area contributed by atoms with Gasteiger partial charge in [0.05, 0.1) is 11.2 Å². The van der Waals surface area contributed by atoms with Crippen LogP contribution in [0.5, 0.6) is 23.0 Å². The second kappa shape index (κ2) is 8.12. The molecule has 2 atom stereocenters. The van der Waals surface area contributed by atoms with Gasteiger partial charge in [-0.3, -0.25) is 14.7 Å². The summed E-state index contributed by atoms with van der Waals surface area (Å²) >= 11 is 0. The first kappa shape index (κ1) is 20.1. The third-order valence-electron chi connectivity index (χ3n) is 6.21. The monoisotopic (exact) mass is 447 g/mol. The Morgan fingerprint density at radius 2 is 2.06 bits per heavy atom. The molecule has 3 aliphatic rings. The number of hydrogen-bond donors (Lipinski definition) is 1. The van der Waals surface area contributed by atoms with E-state index in [2.05, 4.69) is 15.2 Å². The number of hydrogen-bond acceptors (Lipinski definition) is 7. The molecule has 3 aliphatic heterocycles. The minimum Gasteiger partial charge on any atom is -0.489 e. The van der Waals surface area contributed by atoms with Crippen LogP contribution in [0.15, 0.2) is 42.5 Å². The van der Waals surface area contributed by atoms with E-state index in [1.165, 1.54) is 0 Å². The number of nitrogens with zero attached hydrogens (tertiary/aromatic N) is 2. The average molecular weight is 447 g/mol. The maximum Gasteiger partial charge on any atom is 0.262 e. The van der Waals surface area contributed by atoms with Crippen LogP contribution in [0.2, 0.25) is 0 Å². The van der Waals surface area contributed by atoms with E-state index in [1.54, 1.807) is 0 Å². The number of aromatic nitrogens is 1. The van der Waals surface area contributed by atoms with Crippen molar-refractivity contribution in [1.29, 1.82) is 0 Å². The molecule has 1 fully saturated rings. The number of carbonyl (C=O) groups is 1. The van der Waals surface area contributed by atoms with Gasteiger partial charge in [0, 0.05) is 36.8 Å². The third kappa shape index (κ3) is 4.02. The predicted molar refractivity (Wildman–Crippen MR) is 122 cm³/mol. The summed E-state index contributed by atoms with van der Waals surface area (Å²) in [6, 6.07) is 13.5. The zero-order valence-electron chi connectivity index (χ0n) is 18.4. The number of pyridine rings is 1. The Kier molecular flexibility index (Phi) is 4.95. The summed E-state index contributed by atoms with van der Waals surface area (Å²) < 4.78 is 24.0. The fraction of sp³-hybridized carbons (Fsp3) is 0.360. The summed E-state index contributed by atoms with van der Waals surface area (Å²) in [4.78, 5) is 18.5. The van der Waals surface area contributed by atoms with Crippen LogP contribution in [-0.2, 0) is 4.79 Å². The summed E-state index contributed by atoms with van der Waals surface area (Å²) in [5.41, 5.74) is 2.55. The van der Waals surface area contributed by atoms with Gasteiger partial charge in [0.1, 0.15) is 30.3 Å². The minimum absolute atomic E-state index is 0.0498. The molecule has 2 aromatic carbocycles. The van der Waals surface area contributed by atoms with E-state index < -0.39 is 0 Å². The molecule has 0 spiro atoms. The van der Waals surface area contributed by atoms with E-state index in [1.807, 2.05) is 49.4 Å². The molecule has 0 bridgehead atoms. The second-order valence-electron chi connectivity index (χ2n) is 8.75. The molecule has 8 heteroatoms. The first-order chi connectivity index (χ1) is 16.1. The topological polar surface area (TPSA) is 82.2 Å². The fourth-order valence-corrected chi connectivity index (χ4v) is 4.64. The molecule has 0 unspecified atom stereocenters. The number of benzene rings is 2. The van der Waals surface area contributed by atoms with Gasteiger partial charge >= 0.3 is 0 Å². The quantitative estimate of drug-likeness (QED) is 0.658. The number of anilines is 1. The van der Waals surface area contributed by atoms with E-state index >= 15 is 0 Å². The Morgan fingerprint density at radius 1 is 1.15 bits per heavy atom. The second-order valence-corrected chi connectivity index (χ2v) is 8.75. The molecule has 4 heterocycles. The number of ether oxygens (including phenoxy) is 4. The standard InChI is InChI=1S/C25H25N3O5/c1-15-2-4-19-20(26-15)5-7-23-25(19)33-18(13-30-23)12-28-9-8-17(11-28)32-16-3-6-22-21(10-16)27-24(29)14-31-22/h2-7,10,17-18H,8-9,11-14H2,1H3,(H,27,29)/t17-,18+/m1/s1. The number of amides is 1. The van der Waals surface area contributed by atoms with E-state index in [0.717, 1.165) is 59.9 Å². The Balaban J connectivity index is 1.09. The van der Waals surface area contributed by atoms with Crippen LogP contribution < -0.4 is 24.3 Å². The molecular weight excluding hydrogens is 422 g/mol. The Hall–Kier alpha value is -3.52. The summed E-state index contributed by atoms with van der Waals surface area (Å²) in [5, 5.41) is 3.80. The van der Waals surface area contributed by atoms with Crippen molar-refractivity contribution in [3.63, 3.8) is 0 Å². The van der Waals surface area contributed by atoms with Gasteiger partial charge in [0.15, 0.2) is 18.1 Å². The molecular formula is C25H25N3O5. The van der Waals surface area contributed by atoms with Gasteiger partial charge in [0.25, 0.3) is 5.91 Å². The van der Waals surface area contributed by atoms with Gasteiger partial charge in [-0.1, -0.05) is 0 Å². The zero-order chi connectivity index (χ0) is 22.4. The van der Waals surface area contributed by atoms with Crippen molar-refractivity contribution in [3.05, 3.63) is 48.2 Å². The Bertz CT molecular complexity index is 1230. The van der Waals surface area contributed by atoms with Gasteiger partial charge in [0.2, 0.25) is 0 Å². The van der Waals surface area contributed by atoms with E-state index in [9.17, 15) is 4.79 Å². The van der Waals surface area contributed by atoms with Crippen LogP contribution in [-0.4, -0.2) is 60.8 Å². The van der Waals surface area contributed by atoms with Crippen LogP contribution in [0, 0.1) is 6.92 Å². The van der Waals surface area contributed by atoms with Crippen LogP contribution in [0.4, 0.5) is 5.69 Å². The maximum absolute atomic E-state index is 11.6. The van der Waals surface area contributed by atoms with E-state index in [0.29, 0.717) is 18.0 Å². The molecule has 3 aromatic rings.